The second kappa shape index (κ2) is 5.73. The molecule has 4 rings (SSSR count). The van der Waals surface area contributed by atoms with Crippen LogP contribution < -0.4 is 9.47 Å². The Morgan fingerprint density at radius 2 is 1.79 bits per heavy atom. The molecule has 120 valence electrons. The van der Waals surface area contributed by atoms with Gasteiger partial charge in [0, 0.05) is 11.6 Å². The number of H-pyrrole nitrogens is 1. The minimum absolute atomic E-state index is 0.631. The minimum atomic E-state index is 0.631. The van der Waals surface area contributed by atoms with E-state index in [4.69, 9.17) is 14.0 Å². The number of nitrogens with one attached hydrogen (secondary N) is 1. The number of hydrogen-bond donors (Lipinski definition) is 1. The Balaban J connectivity index is 1.72. The Kier molecular flexibility index (Phi) is 3.42. The largest absolute Gasteiger partial charge is 0.493 e. The molecule has 6 nitrogen and oxygen atoms in total. The van der Waals surface area contributed by atoms with Gasteiger partial charge in [0.15, 0.2) is 23.1 Å². The highest BCUT2D eigenvalue weighted by Crippen LogP contribution is 2.33. The fourth-order valence-electron chi connectivity index (χ4n) is 2.59. The van der Waals surface area contributed by atoms with E-state index in [2.05, 4.69) is 15.1 Å². The topological polar surface area (TPSA) is 73.2 Å². The molecule has 2 aromatic heterocycles. The summed E-state index contributed by atoms with van der Waals surface area (Å²) < 4.78 is 16.0. The third-order valence-electron chi connectivity index (χ3n) is 3.81. The summed E-state index contributed by atoms with van der Waals surface area (Å²) in [4.78, 5) is 7.77. The number of imidazole rings is 1. The molecule has 0 spiro atoms. The molecule has 0 unspecified atom stereocenters. The highest BCUT2D eigenvalue weighted by atomic mass is 16.5. The third kappa shape index (κ3) is 2.38. The lowest BCUT2D eigenvalue weighted by Crippen LogP contribution is -1.90. The Morgan fingerprint density at radius 1 is 0.958 bits per heavy atom. The summed E-state index contributed by atoms with van der Waals surface area (Å²) in [6, 6.07) is 15.3. The lowest BCUT2D eigenvalue weighted by molar-refractivity contribution is 0.355. The number of ether oxygens (including phenoxy) is 2. The Morgan fingerprint density at radius 3 is 2.58 bits per heavy atom. The summed E-state index contributed by atoms with van der Waals surface area (Å²) in [5.41, 5.74) is 3.35. The Labute approximate surface area is 138 Å². The molecule has 2 heterocycles. The van der Waals surface area contributed by atoms with Crippen LogP contribution in [0.4, 0.5) is 0 Å². The van der Waals surface area contributed by atoms with E-state index >= 15 is 0 Å². The molecule has 0 radical (unpaired) electrons. The van der Waals surface area contributed by atoms with Crippen molar-refractivity contribution < 1.29 is 14.0 Å². The van der Waals surface area contributed by atoms with Crippen molar-refractivity contribution in [2.45, 2.75) is 0 Å². The lowest BCUT2D eigenvalue weighted by Gasteiger charge is -2.07. The van der Waals surface area contributed by atoms with Crippen molar-refractivity contribution >= 4 is 11.0 Å². The maximum atomic E-state index is 5.47. The summed E-state index contributed by atoms with van der Waals surface area (Å²) in [6.45, 7) is 0. The van der Waals surface area contributed by atoms with E-state index in [1.165, 1.54) is 0 Å². The van der Waals surface area contributed by atoms with Gasteiger partial charge in [0.05, 0.1) is 25.3 Å². The molecular weight excluding hydrogens is 306 g/mol. The summed E-state index contributed by atoms with van der Waals surface area (Å²) in [5.74, 6) is 2.60. The third-order valence-corrected chi connectivity index (χ3v) is 3.81. The first-order chi connectivity index (χ1) is 11.8. The van der Waals surface area contributed by atoms with Gasteiger partial charge in [0.2, 0.25) is 0 Å². The van der Waals surface area contributed by atoms with E-state index in [1.54, 1.807) is 14.2 Å². The molecule has 1 N–H and O–H groups in total. The Bertz CT molecular complexity index is 971. The fraction of sp³-hybridized carbons (Fsp3) is 0.111. The molecule has 0 atom stereocenters. The average molecular weight is 321 g/mol. The average Bonchev–Trinajstić information content (AvgIpc) is 3.27. The molecule has 0 aliphatic heterocycles. The number of aromatic nitrogens is 3. The van der Waals surface area contributed by atoms with E-state index in [0.717, 1.165) is 16.6 Å². The molecule has 0 saturated carbocycles. The predicted molar refractivity (Wildman–Crippen MR) is 90.1 cm³/mol. The standard InChI is InChI=1S/C18H15N3O3/c1-22-15-8-7-11(9-17(15)23-2)16-10-14(21-24-16)18-19-12-5-3-4-6-13(12)20-18/h3-10H,1-2H3,(H,19,20). The molecule has 0 aliphatic carbocycles. The molecule has 6 heteroatoms. The normalized spacial score (nSPS) is 10.9. The smallest absolute Gasteiger partial charge is 0.167 e. The van der Waals surface area contributed by atoms with Gasteiger partial charge in [-0.15, -0.1) is 0 Å². The second-order valence-electron chi connectivity index (χ2n) is 5.25. The number of hydrogen-bond acceptors (Lipinski definition) is 5. The van der Waals surface area contributed by atoms with E-state index in [9.17, 15) is 0 Å². The fourth-order valence-corrected chi connectivity index (χ4v) is 2.59. The zero-order valence-electron chi connectivity index (χ0n) is 13.2. The maximum absolute atomic E-state index is 5.47. The van der Waals surface area contributed by atoms with Crippen LogP contribution in [-0.2, 0) is 0 Å². The number of para-hydroxylation sites is 2. The molecule has 24 heavy (non-hydrogen) atoms. The van der Waals surface area contributed by atoms with Crippen LogP contribution in [0.5, 0.6) is 11.5 Å². The molecule has 2 aromatic carbocycles. The van der Waals surface area contributed by atoms with Crippen LogP contribution in [-0.4, -0.2) is 29.3 Å². The van der Waals surface area contributed by atoms with Gasteiger partial charge in [-0.2, -0.15) is 0 Å². The predicted octanol–water partition coefficient (Wildman–Crippen LogP) is 3.90. The molecule has 0 fully saturated rings. The summed E-state index contributed by atoms with van der Waals surface area (Å²) in [7, 11) is 3.20. The van der Waals surface area contributed by atoms with Gasteiger partial charge in [-0.1, -0.05) is 17.3 Å². The first-order valence-corrected chi connectivity index (χ1v) is 7.42. The SMILES string of the molecule is COc1ccc(-c2cc(-c3nc4ccccc4[nH]3)no2)cc1OC. The number of rotatable bonds is 4. The molecule has 0 bridgehead atoms. The van der Waals surface area contributed by atoms with Gasteiger partial charge in [-0.05, 0) is 30.3 Å². The van der Waals surface area contributed by atoms with Crippen molar-refractivity contribution in [3.63, 3.8) is 0 Å². The molecule has 0 amide bonds. The zero-order chi connectivity index (χ0) is 16.5. The summed E-state index contributed by atoms with van der Waals surface area (Å²) in [6.07, 6.45) is 0. The molecular formula is C18H15N3O3. The van der Waals surface area contributed by atoms with Gasteiger partial charge in [-0.3, -0.25) is 0 Å². The first kappa shape index (κ1) is 14.3. The molecule has 0 saturated heterocycles. The molecule has 4 aromatic rings. The summed E-state index contributed by atoms with van der Waals surface area (Å²) >= 11 is 0. The van der Waals surface area contributed by atoms with Crippen LogP contribution >= 0.6 is 0 Å². The lowest BCUT2D eigenvalue weighted by atomic mass is 10.1. The summed E-state index contributed by atoms with van der Waals surface area (Å²) in [5, 5.41) is 4.12. The van der Waals surface area contributed by atoms with Crippen molar-refractivity contribution in [2.75, 3.05) is 14.2 Å². The highest BCUT2D eigenvalue weighted by molar-refractivity contribution is 5.79. The number of aromatic amines is 1. The van der Waals surface area contributed by atoms with Crippen LogP contribution in [0.3, 0.4) is 0 Å². The monoisotopic (exact) mass is 321 g/mol. The Hall–Kier alpha value is -3.28. The van der Waals surface area contributed by atoms with Crippen molar-refractivity contribution in [1.82, 2.24) is 15.1 Å². The van der Waals surface area contributed by atoms with E-state index in [1.807, 2.05) is 48.5 Å². The number of benzene rings is 2. The van der Waals surface area contributed by atoms with Gasteiger partial charge < -0.3 is 19.0 Å². The maximum Gasteiger partial charge on any atom is 0.167 e. The van der Waals surface area contributed by atoms with E-state index in [-0.39, 0.29) is 0 Å². The quantitative estimate of drug-likeness (QED) is 0.617. The van der Waals surface area contributed by atoms with Gasteiger partial charge in [-0.25, -0.2) is 4.98 Å². The first-order valence-electron chi connectivity index (χ1n) is 7.42. The molecule has 0 aliphatic rings. The van der Waals surface area contributed by atoms with Gasteiger partial charge in [0.25, 0.3) is 0 Å². The van der Waals surface area contributed by atoms with E-state index < -0.39 is 0 Å². The van der Waals surface area contributed by atoms with Crippen molar-refractivity contribution in [3.05, 3.63) is 48.5 Å². The van der Waals surface area contributed by atoms with Gasteiger partial charge in [0.1, 0.15) is 5.69 Å². The van der Waals surface area contributed by atoms with Crippen LogP contribution in [0.25, 0.3) is 33.9 Å². The number of methoxy groups -OCH3 is 2. The number of nitrogens with zero attached hydrogens (tertiary/aromatic N) is 2. The number of fused-ring (bicyclic) bond motifs is 1. The van der Waals surface area contributed by atoms with Crippen LogP contribution in [0.2, 0.25) is 0 Å². The van der Waals surface area contributed by atoms with Crippen molar-refractivity contribution in [1.29, 1.82) is 0 Å². The van der Waals surface area contributed by atoms with Crippen LogP contribution in [0, 0.1) is 0 Å². The van der Waals surface area contributed by atoms with E-state index in [0.29, 0.717) is 28.8 Å². The van der Waals surface area contributed by atoms with Crippen molar-refractivity contribution in [2.24, 2.45) is 0 Å². The van der Waals surface area contributed by atoms with Gasteiger partial charge >= 0.3 is 0 Å². The van der Waals surface area contributed by atoms with Crippen LogP contribution in [0.15, 0.2) is 53.1 Å². The van der Waals surface area contributed by atoms with Crippen molar-refractivity contribution in [3.8, 4) is 34.3 Å². The highest BCUT2D eigenvalue weighted by Gasteiger charge is 2.14. The minimum Gasteiger partial charge on any atom is -0.493 e. The zero-order valence-corrected chi connectivity index (χ0v) is 13.2. The van der Waals surface area contributed by atoms with Crippen LogP contribution in [0.1, 0.15) is 0 Å². The second-order valence-corrected chi connectivity index (χ2v) is 5.25.